The second-order valence-electron chi connectivity index (χ2n) is 7.08. The summed E-state index contributed by atoms with van der Waals surface area (Å²) < 4.78 is 5.74. The monoisotopic (exact) mass is 332 g/mol. The highest BCUT2D eigenvalue weighted by molar-refractivity contribution is 5.79. The van der Waals surface area contributed by atoms with Crippen molar-refractivity contribution >= 4 is 5.91 Å². The fourth-order valence-corrected chi connectivity index (χ4v) is 3.74. The lowest BCUT2D eigenvalue weighted by molar-refractivity contribution is -0.139. The summed E-state index contributed by atoms with van der Waals surface area (Å²) in [5, 5.41) is 10.1. The van der Waals surface area contributed by atoms with E-state index in [1.165, 1.54) is 0 Å². The van der Waals surface area contributed by atoms with E-state index >= 15 is 0 Å². The zero-order valence-electron chi connectivity index (χ0n) is 14.5. The van der Waals surface area contributed by atoms with E-state index < -0.39 is 0 Å². The third-order valence-corrected chi connectivity index (χ3v) is 5.09. The predicted octanol–water partition coefficient (Wildman–Crippen LogP) is 2.24. The van der Waals surface area contributed by atoms with E-state index in [0.717, 1.165) is 50.9 Å². The largest absolute Gasteiger partial charge is 0.508 e. The van der Waals surface area contributed by atoms with Gasteiger partial charge in [0.2, 0.25) is 5.91 Å². The summed E-state index contributed by atoms with van der Waals surface area (Å²) in [4.78, 5) is 17.2. The van der Waals surface area contributed by atoms with Crippen LogP contribution in [0.2, 0.25) is 0 Å². The Kier molecular flexibility index (Phi) is 5.74. The van der Waals surface area contributed by atoms with Crippen LogP contribution < -0.4 is 0 Å². The van der Waals surface area contributed by atoms with Crippen LogP contribution in [0.5, 0.6) is 5.75 Å². The lowest BCUT2D eigenvalue weighted by Gasteiger charge is -2.34. The molecule has 1 amide bonds. The molecule has 0 radical (unpaired) electrons. The fraction of sp³-hybridized carbons (Fsp3) is 0.632. The van der Waals surface area contributed by atoms with Gasteiger partial charge >= 0.3 is 0 Å². The van der Waals surface area contributed by atoms with Crippen molar-refractivity contribution in [1.82, 2.24) is 9.80 Å². The molecule has 2 aliphatic rings. The van der Waals surface area contributed by atoms with Crippen LogP contribution in [-0.2, 0) is 16.1 Å². The zero-order chi connectivity index (χ0) is 16.9. The second-order valence-corrected chi connectivity index (χ2v) is 7.08. The molecule has 2 aliphatic heterocycles. The van der Waals surface area contributed by atoms with Gasteiger partial charge in [-0.3, -0.25) is 4.79 Å². The van der Waals surface area contributed by atoms with E-state index in [2.05, 4.69) is 11.9 Å². The Morgan fingerprint density at radius 3 is 2.88 bits per heavy atom. The Hall–Kier alpha value is -1.59. The van der Waals surface area contributed by atoms with Crippen LogP contribution in [0.3, 0.4) is 0 Å². The normalized spacial score (nSPS) is 24.9. The first kappa shape index (κ1) is 17.2. The van der Waals surface area contributed by atoms with Crippen LogP contribution in [0.15, 0.2) is 24.3 Å². The SMILES string of the molecule is CN1CCC[C@H](C(=O)N(Cc2ccccc2O)C[C@H]2CCCO2)C1. The Morgan fingerprint density at radius 2 is 2.17 bits per heavy atom. The van der Waals surface area contributed by atoms with Crippen LogP contribution in [-0.4, -0.2) is 60.2 Å². The van der Waals surface area contributed by atoms with Crippen molar-refractivity contribution in [2.24, 2.45) is 5.92 Å². The molecule has 0 saturated carbocycles. The summed E-state index contributed by atoms with van der Waals surface area (Å²) >= 11 is 0. The number of para-hydroxylation sites is 1. The molecule has 2 saturated heterocycles. The topological polar surface area (TPSA) is 53.0 Å². The molecular formula is C19H28N2O3. The van der Waals surface area contributed by atoms with Crippen molar-refractivity contribution < 1.29 is 14.6 Å². The van der Waals surface area contributed by atoms with Gasteiger partial charge in [-0.2, -0.15) is 0 Å². The standard InChI is InChI=1S/C19H28N2O3/c1-20-10-4-7-16(12-20)19(23)21(14-17-8-5-11-24-17)13-15-6-2-3-9-18(15)22/h2-3,6,9,16-17,22H,4-5,7-8,10-14H2,1H3/t16-,17+/m0/s1. The first-order valence-electron chi connectivity index (χ1n) is 8.99. The zero-order valence-corrected chi connectivity index (χ0v) is 14.5. The highest BCUT2D eigenvalue weighted by atomic mass is 16.5. The predicted molar refractivity (Wildman–Crippen MR) is 92.7 cm³/mol. The molecule has 1 aromatic rings. The van der Waals surface area contributed by atoms with Crippen molar-refractivity contribution in [3.8, 4) is 5.75 Å². The molecular weight excluding hydrogens is 304 g/mol. The van der Waals surface area contributed by atoms with E-state index in [4.69, 9.17) is 4.74 Å². The highest BCUT2D eigenvalue weighted by Crippen LogP contribution is 2.24. The lowest BCUT2D eigenvalue weighted by atomic mass is 9.96. The van der Waals surface area contributed by atoms with Gasteiger partial charge in [0.25, 0.3) is 0 Å². The van der Waals surface area contributed by atoms with E-state index in [1.54, 1.807) is 12.1 Å². The van der Waals surface area contributed by atoms with Gasteiger partial charge < -0.3 is 19.6 Å². The molecule has 2 heterocycles. The molecule has 2 atom stereocenters. The molecule has 2 fully saturated rings. The minimum Gasteiger partial charge on any atom is -0.508 e. The van der Waals surface area contributed by atoms with Gasteiger partial charge in [-0.15, -0.1) is 0 Å². The maximum Gasteiger partial charge on any atom is 0.227 e. The van der Waals surface area contributed by atoms with E-state index in [0.29, 0.717) is 13.1 Å². The van der Waals surface area contributed by atoms with Crippen LogP contribution in [0.1, 0.15) is 31.2 Å². The molecule has 5 heteroatoms. The third-order valence-electron chi connectivity index (χ3n) is 5.09. The summed E-state index contributed by atoms with van der Waals surface area (Å²) in [5.74, 6) is 0.500. The summed E-state index contributed by atoms with van der Waals surface area (Å²) in [7, 11) is 2.08. The first-order valence-corrected chi connectivity index (χ1v) is 8.99. The quantitative estimate of drug-likeness (QED) is 0.898. The van der Waals surface area contributed by atoms with Gasteiger partial charge in [0.05, 0.1) is 12.0 Å². The highest BCUT2D eigenvalue weighted by Gasteiger charge is 2.30. The molecule has 0 aliphatic carbocycles. The number of phenols is 1. The molecule has 1 aromatic carbocycles. The summed E-state index contributed by atoms with van der Waals surface area (Å²) in [6.45, 7) is 3.74. The number of aromatic hydroxyl groups is 1. The Bertz CT molecular complexity index is 557. The Balaban J connectivity index is 1.73. The smallest absolute Gasteiger partial charge is 0.227 e. The van der Waals surface area contributed by atoms with Gasteiger partial charge in [-0.05, 0) is 45.3 Å². The van der Waals surface area contributed by atoms with Gasteiger partial charge in [0.1, 0.15) is 5.75 Å². The first-order chi connectivity index (χ1) is 11.6. The molecule has 0 bridgehead atoms. The van der Waals surface area contributed by atoms with Crippen molar-refractivity contribution in [2.75, 3.05) is 33.3 Å². The molecule has 0 unspecified atom stereocenters. The molecule has 0 spiro atoms. The Morgan fingerprint density at radius 1 is 1.33 bits per heavy atom. The third kappa shape index (κ3) is 4.28. The van der Waals surface area contributed by atoms with Crippen LogP contribution in [0.4, 0.5) is 0 Å². The number of piperidine rings is 1. The summed E-state index contributed by atoms with van der Waals surface area (Å²) in [6.07, 6.45) is 4.22. The molecule has 24 heavy (non-hydrogen) atoms. The minimum atomic E-state index is 0.0519. The Labute approximate surface area is 144 Å². The van der Waals surface area contributed by atoms with E-state index in [9.17, 15) is 9.90 Å². The average molecular weight is 332 g/mol. The van der Waals surface area contributed by atoms with Crippen molar-refractivity contribution in [3.05, 3.63) is 29.8 Å². The van der Waals surface area contributed by atoms with Gasteiger partial charge in [-0.25, -0.2) is 0 Å². The van der Waals surface area contributed by atoms with Gasteiger partial charge in [-0.1, -0.05) is 18.2 Å². The number of rotatable bonds is 5. The summed E-state index contributed by atoms with van der Waals surface area (Å²) in [6, 6.07) is 7.27. The number of phenolic OH excluding ortho intramolecular Hbond substituents is 1. The number of nitrogens with zero attached hydrogens (tertiary/aromatic N) is 2. The number of ether oxygens (including phenoxy) is 1. The molecule has 5 nitrogen and oxygen atoms in total. The maximum absolute atomic E-state index is 13.1. The van der Waals surface area contributed by atoms with Crippen molar-refractivity contribution in [2.45, 2.75) is 38.3 Å². The number of hydrogen-bond acceptors (Lipinski definition) is 4. The average Bonchev–Trinajstić information content (AvgIpc) is 3.08. The molecule has 132 valence electrons. The lowest BCUT2D eigenvalue weighted by Crippen LogP contribution is -2.45. The molecule has 0 aromatic heterocycles. The second kappa shape index (κ2) is 7.99. The van der Waals surface area contributed by atoms with Crippen molar-refractivity contribution in [3.63, 3.8) is 0 Å². The van der Waals surface area contributed by atoms with Crippen LogP contribution in [0.25, 0.3) is 0 Å². The van der Waals surface area contributed by atoms with Crippen molar-refractivity contribution in [1.29, 1.82) is 0 Å². The number of benzene rings is 1. The summed E-state index contributed by atoms with van der Waals surface area (Å²) in [5.41, 5.74) is 0.799. The number of carbonyl (C=O) groups is 1. The molecule has 3 rings (SSSR count). The number of hydrogen-bond donors (Lipinski definition) is 1. The number of carbonyl (C=O) groups excluding carboxylic acids is 1. The molecule has 1 N–H and O–H groups in total. The van der Waals surface area contributed by atoms with E-state index in [-0.39, 0.29) is 23.7 Å². The van der Waals surface area contributed by atoms with Crippen LogP contribution >= 0.6 is 0 Å². The number of amides is 1. The fourth-order valence-electron chi connectivity index (χ4n) is 3.74. The maximum atomic E-state index is 13.1. The minimum absolute atomic E-state index is 0.0519. The van der Waals surface area contributed by atoms with E-state index in [1.807, 2.05) is 17.0 Å². The van der Waals surface area contributed by atoms with Crippen LogP contribution in [0, 0.1) is 5.92 Å². The van der Waals surface area contributed by atoms with Gasteiger partial charge in [0.15, 0.2) is 0 Å². The number of likely N-dealkylation sites (tertiary alicyclic amines) is 1. The van der Waals surface area contributed by atoms with Gasteiger partial charge in [0, 0.05) is 31.8 Å².